The first-order chi connectivity index (χ1) is 30.0. The molecule has 4 rings (SSSR count). The highest BCUT2D eigenvalue weighted by atomic mass is 16.7. The highest BCUT2D eigenvalue weighted by molar-refractivity contribution is 5.71. The molecular formula is C48H82N2O14. The number of esters is 2. The van der Waals surface area contributed by atoms with Crippen LogP contribution in [0.15, 0.2) is 23.8 Å². The number of hydrogen-bond donors (Lipinski definition) is 3. The fourth-order valence-corrected chi connectivity index (χ4v) is 10.2. The highest BCUT2D eigenvalue weighted by Crippen LogP contribution is 2.39. The lowest BCUT2D eigenvalue weighted by atomic mass is 9.79. The van der Waals surface area contributed by atoms with Crippen molar-refractivity contribution >= 4 is 18.2 Å². The number of aldehydes is 1. The Morgan fingerprint density at radius 2 is 1.59 bits per heavy atom. The monoisotopic (exact) mass is 911 g/mol. The molecule has 0 radical (unpaired) electrons. The Morgan fingerprint density at radius 1 is 0.922 bits per heavy atom. The Labute approximate surface area is 382 Å². The quantitative estimate of drug-likeness (QED) is 0.183. The van der Waals surface area contributed by atoms with Crippen LogP contribution in [0.3, 0.4) is 0 Å². The zero-order chi connectivity index (χ0) is 47.8. The summed E-state index contributed by atoms with van der Waals surface area (Å²) >= 11 is 0. The van der Waals surface area contributed by atoms with E-state index in [4.69, 9.17) is 37.9 Å². The van der Waals surface area contributed by atoms with Crippen molar-refractivity contribution in [3.05, 3.63) is 23.8 Å². The summed E-state index contributed by atoms with van der Waals surface area (Å²) in [6.45, 7) is 18.1. The van der Waals surface area contributed by atoms with Gasteiger partial charge in [-0.25, -0.2) is 0 Å². The smallest absolute Gasteiger partial charge is 0.309 e. The van der Waals surface area contributed by atoms with Crippen molar-refractivity contribution in [1.82, 2.24) is 9.80 Å². The topological polar surface area (TPSA) is 192 Å². The van der Waals surface area contributed by atoms with E-state index in [0.29, 0.717) is 19.3 Å². The molecule has 4 aliphatic heterocycles. The van der Waals surface area contributed by atoms with Crippen LogP contribution in [0.1, 0.15) is 114 Å². The summed E-state index contributed by atoms with van der Waals surface area (Å²) < 4.78 is 51.0. The number of hydrogen-bond acceptors (Lipinski definition) is 16. The number of aliphatic hydroxyl groups is 3. The van der Waals surface area contributed by atoms with Crippen molar-refractivity contribution in [2.45, 2.75) is 212 Å². The molecule has 0 aromatic rings. The summed E-state index contributed by atoms with van der Waals surface area (Å²) in [6, 6.07) is -0.465. The van der Waals surface area contributed by atoms with Gasteiger partial charge in [-0.3, -0.25) is 9.59 Å². The molecule has 0 aromatic carbocycles. The van der Waals surface area contributed by atoms with E-state index >= 15 is 0 Å². The summed E-state index contributed by atoms with van der Waals surface area (Å²) in [6.07, 6.45) is -0.942. The van der Waals surface area contributed by atoms with Crippen LogP contribution < -0.4 is 0 Å². The van der Waals surface area contributed by atoms with Crippen LogP contribution in [-0.2, 0) is 52.3 Å². The number of cyclic esters (lactones) is 1. The van der Waals surface area contributed by atoms with Gasteiger partial charge in [0.25, 0.3) is 0 Å². The summed E-state index contributed by atoms with van der Waals surface area (Å²) in [5, 5.41) is 33.7. The van der Waals surface area contributed by atoms with E-state index < -0.39 is 109 Å². The van der Waals surface area contributed by atoms with Crippen LogP contribution in [0.25, 0.3) is 0 Å². The third-order valence-electron chi connectivity index (χ3n) is 13.8. The molecular weight excluding hydrogens is 829 g/mol. The van der Waals surface area contributed by atoms with Gasteiger partial charge in [-0.1, -0.05) is 51.5 Å². The van der Waals surface area contributed by atoms with E-state index in [-0.39, 0.29) is 43.2 Å². The van der Waals surface area contributed by atoms with Gasteiger partial charge >= 0.3 is 11.9 Å². The molecule has 0 amide bonds. The van der Waals surface area contributed by atoms with Crippen LogP contribution >= 0.6 is 0 Å². The van der Waals surface area contributed by atoms with Crippen molar-refractivity contribution in [3.8, 4) is 0 Å². The zero-order valence-electron chi connectivity index (χ0n) is 41.0. The Balaban J connectivity index is 1.75. The van der Waals surface area contributed by atoms with Gasteiger partial charge in [0, 0.05) is 37.6 Å². The molecule has 0 bridgehead atoms. The second-order valence-electron chi connectivity index (χ2n) is 19.8. The van der Waals surface area contributed by atoms with Crippen molar-refractivity contribution in [2.75, 3.05) is 28.2 Å². The van der Waals surface area contributed by atoms with Gasteiger partial charge in [-0.15, -0.1) is 0 Å². The molecule has 3 N–H and O–H groups in total. The molecule has 0 saturated carbocycles. The van der Waals surface area contributed by atoms with E-state index in [1.807, 2.05) is 53.9 Å². The van der Waals surface area contributed by atoms with Gasteiger partial charge in [-0.05, 0) is 100 Å². The minimum Gasteiger partial charge on any atom is -0.462 e. The average molecular weight is 911 g/mol. The van der Waals surface area contributed by atoms with Crippen LogP contribution in [0.2, 0.25) is 0 Å². The standard InChI is InChI=1S/C48H82N2O14/c1-15-36-27(3)22-26(2)16-18-37(62-40-19-17-35(49(11)12)30(6)57-40)28(4)23-34(20-21-51)44(29(5)38(60-33(9)52)24-39(53)61-36)64-47-43(54)42(50(13)14)45(31(7)59-47)63-41-25-48(10,56)46(55)32(8)58-41/h16,18,21-22,27-32,34-38,40-47,54-56H,15,17,19-20,23-25H2,1-14H3/b18-16-,26-22+/t27-,28+,29-,30-,31-,32+,34+,35-,36+,37+,38-,40+,41-,42-,43+,44+,45+,46+,47-,48-/m1/s1. The van der Waals surface area contributed by atoms with E-state index in [2.05, 4.69) is 24.8 Å². The SMILES string of the molecule is CC[C@@H]1OC(=O)C[C@@H](OC(C)=O)[C@@H](C)[C@H](O[C@H]2O[C@H](C)[C@H](O[C@@H]3C[C@@](C)(O)[C@@H](O)[C@H](C)O3)[C@H](N(C)C)[C@@H]2O)[C@@H](CC=O)C[C@H](C)[C@@H](O[C@H]2CC[C@@H](N(C)C)[C@@H](C)O2)/C=C\C(C)=C\[C@H]1C. The first kappa shape index (κ1) is 54.3. The van der Waals surface area contributed by atoms with E-state index in [9.17, 15) is 29.7 Å². The number of allylic oxidation sites excluding steroid dienone is 2. The molecule has 0 aliphatic carbocycles. The maximum Gasteiger partial charge on any atom is 0.309 e. The van der Waals surface area contributed by atoms with Gasteiger partial charge in [0.15, 0.2) is 18.9 Å². The maximum atomic E-state index is 13.8. The predicted molar refractivity (Wildman–Crippen MR) is 239 cm³/mol. The van der Waals surface area contributed by atoms with Crippen LogP contribution in [0, 0.1) is 23.7 Å². The van der Waals surface area contributed by atoms with Crippen molar-refractivity contribution in [1.29, 1.82) is 0 Å². The lowest BCUT2D eigenvalue weighted by Crippen LogP contribution is -2.65. The normalized spacial score (nSPS) is 44.7. The Morgan fingerprint density at radius 3 is 2.17 bits per heavy atom. The number of rotatable bonds is 12. The van der Waals surface area contributed by atoms with E-state index in [1.54, 1.807) is 32.8 Å². The molecule has 16 heteroatoms. The lowest BCUT2D eigenvalue weighted by Gasteiger charge is -2.50. The molecule has 20 atom stereocenters. The molecule has 368 valence electrons. The van der Waals surface area contributed by atoms with E-state index in [0.717, 1.165) is 18.3 Å². The van der Waals surface area contributed by atoms with Gasteiger partial charge in [0.1, 0.15) is 36.8 Å². The van der Waals surface area contributed by atoms with Crippen molar-refractivity contribution in [3.63, 3.8) is 0 Å². The minimum atomic E-state index is -1.48. The van der Waals surface area contributed by atoms with Gasteiger partial charge in [0.2, 0.25) is 0 Å². The molecule has 16 nitrogen and oxygen atoms in total. The number of aliphatic hydroxyl groups excluding tert-OH is 2. The molecule has 4 heterocycles. The molecule has 3 saturated heterocycles. The van der Waals surface area contributed by atoms with Crippen LogP contribution in [0.5, 0.6) is 0 Å². The number of nitrogens with zero attached hydrogens (tertiary/aromatic N) is 2. The van der Waals surface area contributed by atoms with Crippen LogP contribution in [-0.4, -0.2) is 169 Å². The number of carbonyl (C=O) groups excluding carboxylic acids is 3. The minimum absolute atomic E-state index is 0.0147. The largest absolute Gasteiger partial charge is 0.462 e. The first-order valence-corrected chi connectivity index (χ1v) is 23.5. The fraction of sp³-hybridized carbons (Fsp3) is 0.854. The summed E-state index contributed by atoms with van der Waals surface area (Å²) in [5.74, 6) is -2.75. The molecule has 64 heavy (non-hydrogen) atoms. The third kappa shape index (κ3) is 14.3. The zero-order valence-corrected chi connectivity index (χ0v) is 41.0. The Kier molecular flexibility index (Phi) is 20.4. The molecule has 4 aliphatic rings. The van der Waals surface area contributed by atoms with Crippen molar-refractivity contribution < 1.29 is 67.6 Å². The lowest BCUT2D eigenvalue weighted by molar-refractivity contribution is -0.342. The fourth-order valence-electron chi connectivity index (χ4n) is 10.2. The molecule has 0 spiro atoms. The van der Waals surface area contributed by atoms with Crippen molar-refractivity contribution in [2.24, 2.45) is 23.7 Å². The highest BCUT2D eigenvalue weighted by Gasteiger charge is 2.51. The molecule has 0 unspecified atom stereocenters. The summed E-state index contributed by atoms with van der Waals surface area (Å²) in [5.41, 5.74) is -0.517. The van der Waals surface area contributed by atoms with Gasteiger partial charge in [-0.2, -0.15) is 0 Å². The maximum absolute atomic E-state index is 13.8. The summed E-state index contributed by atoms with van der Waals surface area (Å²) in [7, 11) is 7.69. The first-order valence-electron chi connectivity index (χ1n) is 23.5. The van der Waals surface area contributed by atoms with Gasteiger partial charge in [0.05, 0.1) is 48.6 Å². The Bertz CT molecular complexity index is 1560. The average Bonchev–Trinajstić information content (AvgIpc) is 3.19. The number of carbonyl (C=O) groups is 3. The van der Waals surface area contributed by atoms with Crippen LogP contribution in [0.4, 0.5) is 0 Å². The predicted octanol–water partition coefficient (Wildman–Crippen LogP) is 4.54. The van der Waals surface area contributed by atoms with E-state index in [1.165, 1.54) is 13.8 Å². The van der Waals surface area contributed by atoms with Gasteiger partial charge < -0.3 is 67.8 Å². The number of likely N-dealkylation sites (N-methyl/N-ethyl adjacent to an activating group) is 2. The number of ether oxygens (including phenoxy) is 8. The summed E-state index contributed by atoms with van der Waals surface area (Å²) in [4.78, 5) is 43.2. The Hall–Kier alpha value is -2.35. The second-order valence-corrected chi connectivity index (χ2v) is 19.8. The third-order valence-corrected chi connectivity index (χ3v) is 13.8. The molecule has 0 aromatic heterocycles. The molecule has 3 fully saturated rings. The second kappa shape index (κ2) is 24.1.